The fourth-order valence-electron chi connectivity index (χ4n) is 3.04. The van der Waals surface area contributed by atoms with Crippen LogP contribution in [0.25, 0.3) is 0 Å². The van der Waals surface area contributed by atoms with Crippen molar-refractivity contribution in [1.29, 1.82) is 0 Å². The quantitative estimate of drug-likeness (QED) is 0.715. The number of benzene rings is 2. The highest BCUT2D eigenvalue weighted by atomic mass is 32.2. The van der Waals surface area contributed by atoms with E-state index in [0.29, 0.717) is 11.3 Å². The average Bonchev–Trinajstić information content (AvgIpc) is 3.21. The Kier molecular flexibility index (Phi) is 6.33. The van der Waals surface area contributed by atoms with E-state index in [-0.39, 0.29) is 16.9 Å². The standard InChI is InChI=1S/C20H24N2O5S/c1-22(26-2)28(24,25)19-13-9-16(10-14-19)21-20(23)15-7-11-18(12-8-15)27-17-5-3-4-6-17/h7-14,17H,3-6H2,1-2H3,(H,21,23). The van der Waals surface area contributed by atoms with Gasteiger partial charge in [0, 0.05) is 18.3 Å². The SMILES string of the molecule is CON(C)S(=O)(=O)c1ccc(NC(=O)c2ccc(OC3CCCC3)cc2)cc1. The van der Waals surface area contributed by atoms with E-state index >= 15 is 0 Å². The number of hydrogen-bond acceptors (Lipinski definition) is 5. The third-order valence-corrected chi connectivity index (χ3v) is 6.42. The number of carbonyl (C=O) groups is 1. The van der Waals surface area contributed by atoms with E-state index in [4.69, 9.17) is 9.57 Å². The van der Waals surface area contributed by atoms with E-state index in [1.807, 2.05) is 0 Å². The highest BCUT2D eigenvalue weighted by Gasteiger charge is 2.20. The van der Waals surface area contributed by atoms with Crippen LogP contribution in [0.3, 0.4) is 0 Å². The normalized spacial score (nSPS) is 15.0. The van der Waals surface area contributed by atoms with E-state index in [9.17, 15) is 13.2 Å². The summed E-state index contributed by atoms with van der Waals surface area (Å²) in [5.74, 6) is 0.484. The van der Waals surface area contributed by atoms with Gasteiger partial charge in [-0.1, -0.05) is 4.47 Å². The molecule has 3 rings (SSSR count). The maximum absolute atomic E-state index is 12.4. The minimum Gasteiger partial charge on any atom is -0.490 e. The highest BCUT2D eigenvalue weighted by molar-refractivity contribution is 7.89. The van der Waals surface area contributed by atoms with Crippen molar-refractivity contribution in [2.24, 2.45) is 0 Å². The summed E-state index contributed by atoms with van der Waals surface area (Å²) < 4.78 is 31.0. The molecule has 0 unspecified atom stereocenters. The summed E-state index contributed by atoms with van der Waals surface area (Å²) >= 11 is 0. The zero-order valence-electron chi connectivity index (χ0n) is 15.9. The van der Waals surface area contributed by atoms with Gasteiger partial charge in [-0.05, 0) is 74.2 Å². The molecular formula is C20H24N2O5S. The number of nitrogens with one attached hydrogen (secondary N) is 1. The van der Waals surface area contributed by atoms with Crippen LogP contribution in [0.4, 0.5) is 5.69 Å². The minimum atomic E-state index is -3.72. The molecule has 7 nitrogen and oxygen atoms in total. The summed E-state index contributed by atoms with van der Waals surface area (Å²) in [6.45, 7) is 0. The fraction of sp³-hybridized carbons (Fsp3) is 0.350. The number of carbonyl (C=O) groups excluding carboxylic acids is 1. The van der Waals surface area contributed by atoms with Crippen LogP contribution in [-0.4, -0.2) is 39.1 Å². The monoisotopic (exact) mass is 404 g/mol. The second-order valence-corrected chi connectivity index (χ2v) is 8.56. The molecule has 1 amide bonds. The third-order valence-electron chi connectivity index (χ3n) is 4.73. The number of sulfonamides is 1. The van der Waals surface area contributed by atoms with Crippen molar-refractivity contribution >= 4 is 21.6 Å². The van der Waals surface area contributed by atoms with Crippen molar-refractivity contribution in [3.63, 3.8) is 0 Å². The Balaban J connectivity index is 1.62. The van der Waals surface area contributed by atoms with E-state index in [1.165, 1.54) is 51.3 Å². The van der Waals surface area contributed by atoms with Gasteiger partial charge in [0.1, 0.15) is 5.75 Å². The Morgan fingerprint density at radius 1 is 1.04 bits per heavy atom. The predicted molar refractivity (Wildman–Crippen MR) is 106 cm³/mol. The first-order chi connectivity index (χ1) is 13.4. The Morgan fingerprint density at radius 2 is 1.64 bits per heavy atom. The van der Waals surface area contributed by atoms with Gasteiger partial charge in [0.2, 0.25) is 0 Å². The molecule has 1 aliphatic rings. The number of amides is 1. The van der Waals surface area contributed by atoms with Gasteiger partial charge in [-0.2, -0.15) is 0 Å². The second kappa shape index (κ2) is 8.72. The number of rotatable bonds is 7. The number of hydroxylamine groups is 1. The van der Waals surface area contributed by atoms with Crippen LogP contribution in [0.2, 0.25) is 0 Å². The lowest BCUT2D eigenvalue weighted by molar-refractivity contribution is -0.0258. The molecule has 8 heteroatoms. The van der Waals surface area contributed by atoms with E-state index < -0.39 is 10.0 Å². The van der Waals surface area contributed by atoms with Gasteiger partial charge in [0.15, 0.2) is 0 Å². The molecule has 0 radical (unpaired) electrons. The molecule has 1 N–H and O–H groups in total. The predicted octanol–water partition coefficient (Wildman–Crippen LogP) is 3.44. The first-order valence-electron chi connectivity index (χ1n) is 9.11. The maximum Gasteiger partial charge on any atom is 0.264 e. The number of hydrogen-bond donors (Lipinski definition) is 1. The molecule has 0 aliphatic heterocycles. The first-order valence-corrected chi connectivity index (χ1v) is 10.6. The average molecular weight is 404 g/mol. The Morgan fingerprint density at radius 3 is 2.21 bits per heavy atom. The van der Waals surface area contributed by atoms with Crippen LogP contribution < -0.4 is 10.1 Å². The third kappa shape index (κ3) is 4.70. The van der Waals surface area contributed by atoms with Crippen molar-refractivity contribution in [2.45, 2.75) is 36.7 Å². The fourth-order valence-corrected chi connectivity index (χ4v) is 4.02. The summed E-state index contributed by atoms with van der Waals surface area (Å²) in [7, 11) is -1.13. The Bertz CT molecular complexity index is 905. The Labute approximate surface area is 165 Å². The van der Waals surface area contributed by atoms with Crippen molar-refractivity contribution < 1.29 is 22.8 Å². The highest BCUT2D eigenvalue weighted by Crippen LogP contribution is 2.24. The van der Waals surface area contributed by atoms with Crippen molar-refractivity contribution in [1.82, 2.24) is 4.47 Å². The van der Waals surface area contributed by atoms with Gasteiger partial charge in [-0.3, -0.25) is 9.63 Å². The summed E-state index contributed by atoms with van der Waals surface area (Å²) in [6.07, 6.45) is 4.83. The molecule has 0 aromatic heterocycles. The van der Waals surface area contributed by atoms with Gasteiger partial charge in [0.05, 0.1) is 18.1 Å². The molecule has 0 atom stereocenters. The number of anilines is 1. The molecule has 150 valence electrons. The molecule has 0 spiro atoms. The van der Waals surface area contributed by atoms with Crippen LogP contribution in [0.1, 0.15) is 36.0 Å². The van der Waals surface area contributed by atoms with Crippen LogP contribution in [0.5, 0.6) is 5.75 Å². The van der Waals surface area contributed by atoms with Crippen LogP contribution in [0, 0.1) is 0 Å². The van der Waals surface area contributed by atoms with E-state index in [0.717, 1.165) is 23.1 Å². The lowest BCUT2D eigenvalue weighted by Gasteiger charge is -2.14. The van der Waals surface area contributed by atoms with Gasteiger partial charge in [-0.25, -0.2) is 8.42 Å². The molecule has 2 aromatic rings. The summed E-state index contributed by atoms with van der Waals surface area (Å²) in [6, 6.07) is 12.9. The van der Waals surface area contributed by atoms with Gasteiger partial charge in [0.25, 0.3) is 15.9 Å². The van der Waals surface area contributed by atoms with Gasteiger partial charge in [-0.15, -0.1) is 0 Å². The number of nitrogens with zero attached hydrogens (tertiary/aromatic N) is 1. The Hall–Kier alpha value is -2.42. The van der Waals surface area contributed by atoms with Crippen molar-refractivity contribution in [2.75, 3.05) is 19.5 Å². The molecule has 2 aromatic carbocycles. The molecule has 0 saturated heterocycles. The maximum atomic E-state index is 12.4. The summed E-state index contributed by atoms with van der Waals surface area (Å²) in [5.41, 5.74) is 0.991. The van der Waals surface area contributed by atoms with Crippen molar-refractivity contribution in [3.8, 4) is 5.75 Å². The van der Waals surface area contributed by atoms with E-state index in [1.54, 1.807) is 24.3 Å². The molecule has 28 heavy (non-hydrogen) atoms. The smallest absolute Gasteiger partial charge is 0.264 e. The van der Waals surface area contributed by atoms with Crippen LogP contribution >= 0.6 is 0 Å². The zero-order chi connectivity index (χ0) is 20.1. The molecule has 1 aliphatic carbocycles. The largest absolute Gasteiger partial charge is 0.490 e. The number of ether oxygens (including phenoxy) is 1. The van der Waals surface area contributed by atoms with Crippen molar-refractivity contribution in [3.05, 3.63) is 54.1 Å². The lowest BCUT2D eigenvalue weighted by atomic mass is 10.2. The molecular weight excluding hydrogens is 380 g/mol. The van der Waals surface area contributed by atoms with Gasteiger partial charge < -0.3 is 10.1 Å². The molecule has 1 saturated carbocycles. The first kappa shape index (κ1) is 20.3. The minimum absolute atomic E-state index is 0.0725. The lowest BCUT2D eigenvalue weighted by Crippen LogP contribution is -2.25. The second-order valence-electron chi connectivity index (χ2n) is 6.62. The summed E-state index contributed by atoms with van der Waals surface area (Å²) in [5, 5.41) is 2.75. The van der Waals surface area contributed by atoms with E-state index in [2.05, 4.69) is 5.32 Å². The van der Waals surface area contributed by atoms with Gasteiger partial charge >= 0.3 is 0 Å². The molecule has 1 fully saturated rings. The van der Waals surface area contributed by atoms with Crippen LogP contribution in [0.15, 0.2) is 53.4 Å². The zero-order valence-corrected chi connectivity index (χ0v) is 16.7. The molecule has 0 bridgehead atoms. The topological polar surface area (TPSA) is 84.9 Å². The molecule has 0 heterocycles. The van der Waals surface area contributed by atoms with Crippen LogP contribution in [-0.2, 0) is 14.9 Å². The summed E-state index contributed by atoms with van der Waals surface area (Å²) in [4.78, 5) is 17.2.